The lowest BCUT2D eigenvalue weighted by molar-refractivity contribution is -0.384. The minimum atomic E-state index is -0.570. The van der Waals surface area contributed by atoms with Gasteiger partial charge in [0.2, 0.25) is 5.12 Å². The number of carbonyl (C=O) groups excluding carboxylic acids is 2. The molecule has 7 heteroatoms. The minimum Gasteiger partial charge on any atom is -0.350 e. The van der Waals surface area contributed by atoms with Crippen molar-refractivity contribution in [3.8, 4) is 0 Å². The fraction of sp³-hybridized carbons (Fsp3) is 0.176. The molecule has 2 rings (SSSR count). The zero-order valence-electron chi connectivity index (χ0n) is 13.2. The predicted molar refractivity (Wildman–Crippen MR) is 92.3 cm³/mol. The molecule has 124 valence electrons. The number of benzene rings is 2. The van der Waals surface area contributed by atoms with E-state index in [1.54, 1.807) is 44.2 Å². The summed E-state index contributed by atoms with van der Waals surface area (Å²) in [7, 11) is 0. The molecule has 2 aromatic carbocycles. The predicted octanol–water partition coefficient (Wildman–Crippen LogP) is 3.67. The van der Waals surface area contributed by atoms with Crippen LogP contribution in [-0.4, -0.2) is 22.0 Å². The summed E-state index contributed by atoms with van der Waals surface area (Å²) in [5.74, 6) is -0.447. The van der Waals surface area contributed by atoms with Gasteiger partial charge in [-0.1, -0.05) is 30.3 Å². The maximum atomic E-state index is 12.3. The molecule has 6 nitrogen and oxygen atoms in total. The first kappa shape index (κ1) is 17.7. The topological polar surface area (TPSA) is 89.3 Å². The summed E-state index contributed by atoms with van der Waals surface area (Å²) < 4.78 is 0. The van der Waals surface area contributed by atoms with Crippen molar-refractivity contribution < 1.29 is 14.5 Å². The first-order valence-electron chi connectivity index (χ1n) is 7.25. The molecule has 0 radical (unpaired) electrons. The molecule has 2 aromatic rings. The van der Waals surface area contributed by atoms with Crippen LogP contribution in [0.3, 0.4) is 0 Å². The Morgan fingerprint density at radius 1 is 1.12 bits per heavy atom. The normalized spacial score (nSPS) is 10.5. The van der Waals surface area contributed by atoms with Gasteiger partial charge < -0.3 is 5.32 Å². The molecule has 0 saturated heterocycles. The molecule has 0 saturated carbocycles. The van der Waals surface area contributed by atoms with E-state index in [0.717, 1.165) is 11.8 Å². The maximum absolute atomic E-state index is 12.3. The molecule has 0 aromatic heterocycles. The number of carbonyl (C=O) groups is 2. The van der Waals surface area contributed by atoms with Crippen molar-refractivity contribution in [3.05, 3.63) is 69.8 Å². The summed E-state index contributed by atoms with van der Waals surface area (Å²) in [6, 6.07) is 12.4. The van der Waals surface area contributed by atoms with E-state index in [2.05, 4.69) is 5.32 Å². The molecular formula is C17H16N2O4S. The van der Waals surface area contributed by atoms with Crippen molar-refractivity contribution in [3.63, 3.8) is 0 Å². The van der Waals surface area contributed by atoms with Crippen LogP contribution in [0.5, 0.6) is 0 Å². The van der Waals surface area contributed by atoms with Crippen molar-refractivity contribution in [2.24, 2.45) is 0 Å². The molecule has 0 aliphatic carbocycles. The van der Waals surface area contributed by atoms with Crippen molar-refractivity contribution in [1.29, 1.82) is 0 Å². The Hall–Kier alpha value is -2.67. The van der Waals surface area contributed by atoms with Crippen molar-refractivity contribution in [2.45, 2.75) is 24.8 Å². The van der Waals surface area contributed by atoms with Crippen LogP contribution in [0.4, 0.5) is 5.69 Å². The number of nitrogens with zero attached hydrogens (tertiary/aromatic N) is 1. The third-order valence-electron chi connectivity index (χ3n) is 3.05. The lowest BCUT2D eigenvalue weighted by Gasteiger charge is -2.11. The fourth-order valence-electron chi connectivity index (χ4n) is 1.97. The zero-order chi connectivity index (χ0) is 17.7. The van der Waals surface area contributed by atoms with Gasteiger partial charge >= 0.3 is 0 Å². The Balaban J connectivity index is 2.36. The quantitative estimate of drug-likeness (QED) is 0.508. The van der Waals surface area contributed by atoms with E-state index in [1.165, 1.54) is 18.2 Å². The van der Waals surface area contributed by atoms with E-state index < -0.39 is 10.8 Å². The van der Waals surface area contributed by atoms with Gasteiger partial charge in [0.15, 0.2) is 0 Å². The number of thioether (sulfide) groups is 1. The summed E-state index contributed by atoms with van der Waals surface area (Å²) >= 11 is 0.877. The average Bonchev–Trinajstić information content (AvgIpc) is 2.55. The van der Waals surface area contributed by atoms with E-state index in [-0.39, 0.29) is 22.4 Å². The van der Waals surface area contributed by atoms with E-state index in [0.29, 0.717) is 10.5 Å². The van der Waals surface area contributed by atoms with E-state index in [4.69, 9.17) is 0 Å². The molecule has 0 aliphatic heterocycles. The molecule has 0 heterocycles. The first-order valence-corrected chi connectivity index (χ1v) is 8.06. The second kappa shape index (κ2) is 7.74. The first-order chi connectivity index (χ1) is 11.4. The second-order valence-corrected chi connectivity index (χ2v) is 6.34. The van der Waals surface area contributed by atoms with Crippen LogP contribution >= 0.6 is 11.8 Å². The van der Waals surface area contributed by atoms with Gasteiger partial charge in [-0.3, -0.25) is 19.7 Å². The summed E-state index contributed by atoms with van der Waals surface area (Å²) in [6.07, 6.45) is 0. The molecule has 0 atom stereocenters. The molecule has 0 unspecified atom stereocenters. The van der Waals surface area contributed by atoms with Crippen molar-refractivity contribution in [2.75, 3.05) is 0 Å². The molecule has 0 aliphatic rings. The van der Waals surface area contributed by atoms with Crippen LogP contribution in [0, 0.1) is 10.1 Å². The van der Waals surface area contributed by atoms with Gasteiger partial charge in [0.1, 0.15) is 0 Å². The van der Waals surface area contributed by atoms with Gasteiger partial charge in [-0.2, -0.15) is 0 Å². The summed E-state index contributed by atoms with van der Waals surface area (Å²) in [4.78, 5) is 35.4. The van der Waals surface area contributed by atoms with E-state index in [9.17, 15) is 19.7 Å². The zero-order valence-corrected chi connectivity index (χ0v) is 14.0. The number of nitro groups is 1. The number of hydrogen-bond donors (Lipinski definition) is 1. The molecule has 1 N–H and O–H groups in total. The summed E-state index contributed by atoms with van der Waals surface area (Å²) in [5.41, 5.74) is 0.420. The summed E-state index contributed by atoms with van der Waals surface area (Å²) in [5, 5.41) is 13.4. The number of hydrogen-bond acceptors (Lipinski definition) is 5. The van der Waals surface area contributed by atoms with Gasteiger partial charge in [0.05, 0.1) is 10.5 Å². The molecular weight excluding hydrogens is 328 g/mol. The van der Waals surface area contributed by atoms with Gasteiger partial charge in [-0.15, -0.1) is 0 Å². The largest absolute Gasteiger partial charge is 0.350 e. The standard InChI is InChI=1S/C17H16N2O4S/c1-11(2)18-16(20)14-10-13(19(22)23)8-9-15(14)24-17(21)12-6-4-3-5-7-12/h3-11H,1-2H3,(H,18,20). The van der Waals surface area contributed by atoms with Gasteiger partial charge in [-0.25, -0.2) is 0 Å². The highest BCUT2D eigenvalue weighted by Crippen LogP contribution is 2.29. The van der Waals surface area contributed by atoms with Crippen LogP contribution in [0.25, 0.3) is 0 Å². The van der Waals surface area contributed by atoms with E-state index in [1.807, 2.05) is 0 Å². The third kappa shape index (κ3) is 4.42. The lowest BCUT2D eigenvalue weighted by atomic mass is 10.2. The molecule has 1 amide bonds. The highest BCUT2D eigenvalue weighted by Gasteiger charge is 2.20. The Bertz CT molecular complexity index is 775. The van der Waals surface area contributed by atoms with E-state index >= 15 is 0 Å². The Morgan fingerprint density at radius 2 is 1.79 bits per heavy atom. The smallest absolute Gasteiger partial charge is 0.270 e. The number of nitro benzene ring substituents is 1. The fourth-order valence-corrected chi connectivity index (χ4v) is 2.82. The van der Waals surface area contributed by atoms with Gasteiger partial charge in [-0.05, 0) is 31.7 Å². The lowest BCUT2D eigenvalue weighted by Crippen LogP contribution is -2.30. The summed E-state index contributed by atoms with van der Waals surface area (Å²) in [6.45, 7) is 3.58. The van der Waals surface area contributed by atoms with Gasteiger partial charge in [0, 0.05) is 28.6 Å². The number of amides is 1. The van der Waals surface area contributed by atoms with Gasteiger partial charge in [0.25, 0.3) is 11.6 Å². The molecule has 0 bridgehead atoms. The minimum absolute atomic E-state index is 0.118. The second-order valence-electron chi connectivity index (χ2n) is 5.32. The van der Waals surface area contributed by atoms with Crippen molar-refractivity contribution >= 4 is 28.5 Å². The van der Waals surface area contributed by atoms with Crippen LogP contribution < -0.4 is 5.32 Å². The monoisotopic (exact) mass is 344 g/mol. The number of non-ortho nitro benzene ring substituents is 1. The highest BCUT2D eigenvalue weighted by molar-refractivity contribution is 8.14. The number of nitrogens with one attached hydrogen (secondary N) is 1. The van der Waals surface area contributed by atoms with Crippen LogP contribution in [0.2, 0.25) is 0 Å². The average molecular weight is 344 g/mol. The van der Waals surface area contributed by atoms with Crippen LogP contribution in [0.15, 0.2) is 53.4 Å². The molecule has 24 heavy (non-hydrogen) atoms. The highest BCUT2D eigenvalue weighted by atomic mass is 32.2. The maximum Gasteiger partial charge on any atom is 0.270 e. The Labute approximate surface area is 143 Å². The molecule has 0 spiro atoms. The molecule has 0 fully saturated rings. The number of rotatable bonds is 5. The van der Waals surface area contributed by atoms with Crippen LogP contribution in [-0.2, 0) is 0 Å². The SMILES string of the molecule is CC(C)NC(=O)c1cc([N+](=O)[O-])ccc1SC(=O)c1ccccc1. The Morgan fingerprint density at radius 3 is 2.38 bits per heavy atom. The third-order valence-corrected chi connectivity index (χ3v) is 4.05. The van der Waals surface area contributed by atoms with Crippen LogP contribution in [0.1, 0.15) is 34.6 Å². The Kier molecular flexibility index (Phi) is 5.70. The van der Waals surface area contributed by atoms with Crippen molar-refractivity contribution in [1.82, 2.24) is 5.32 Å².